The number of nitrogens with one attached hydrogen (secondary N) is 1. The summed E-state index contributed by atoms with van der Waals surface area (Å²) in [6.45, 7) is 5.23. The Labute approximate surface area is 183 Å². The molecule has 162 valence electrons. The highest BCUT2D eigenvalue weighted by molar-refractivity contribution is 7.97. The average Bonchev–Trinajstić information content (AvgIpc) is 2.77. The Bertz CT molecular complexity index is 1160. The largest absolute Gasteiger partial charge is 0.367 e. The molecule has 0 bridgehead atoms. The Balaban J connectivity index is 1.81. The van der Waals surface area contributed by atoms with Crippen LogP contribution in [0.3, 0.4) is 0 Å². The third-order valence-electron chi connectivity index (χ3n) is 6.04. The molecule has 31 heavy (non-hydrogen) atoms. The molecule has 0 radical (unpaired) electrons. The summed E-state index contributed by atoms with van der Waals surface area (Å²) in [5.41, 5.74) is 1.81. The molecule has 2 aliphatic rings. The minimum atomic E-state index is -4.28. The van der Waals surface area contributed by atoms with Gasteiger partial charge in [0.2, 0.25) is 11.6 Å². The van der Waals surface area contributed by atoms with Crippen molar-refractivity contribution < 1.29 is 18.0 Å². The predicted molar refractivity (Wildman–Crippen MR) is 120 cm³/mol. The second kappa shape index (κ2) is 8.30. The number of Topliss-reactive ketones (excluding diaryl/α,β-unsaturated/α-hetero) is 2. The maximum atomic E-state index is 13.4. The molecule has 7 heteroatoms. The average molecular weight is 439 g/mol. The number of hydrogen-bond acceptors (Lipinski definition) is 5. The van der Waals surface area contributed by atoms with Gasteiger partial charge in [0.15, 0.2) is 4.91 Å². The van der Waals surface area contributed by atoms with Crippen molar-refractivity contribution >= 4 is 27.3 Å². The standard InChI is InChI=1S/C24H26N2O4S/c1-3-17-8-10-18(11-9-17)25-31(29,30)24-21(26-14-12-16(2)13-15-26)22(27)19-6-4-5-7-20(19)23(24)28/h4-11,16,25H,3,12-15H2,1-2H3. The van der Waals surface area contributed by atoms with Crippen LogP contribution in [0.1, 0.15) is 53.0 Å². The number of benzene rings is 2. The Morgan fingerprint density at radius 1 is 0.935 bits per heavy atom. The molecule has 2 aromatic carbocycles. The monoisotopic (exact) mass is 438 g/mol. The second-order valence-corrected chi connectivity index (χ2v) is 9.83. The van der Waals surface area contributed by atoms with Gasteiger partial charge in [-0.3, -0.25) is 14.3 Å². The number of rotatable bonds is 5. The Hall–Kier alpha value is -2.93. The van der Waals surface area contributed by atoms with Crippen LogP contribution in [-0.2, 0) is 16.4 Å². The molecule has 1 aliphatic heterocycles. The van der Waals surface area contributed by atoms with E-state index in [1.807, 2.05) is 19.1 Å². The molecule has 0 atom stereocenters. The quantitative estimate of drug-likeness (QED) is 0.763. The maximum Gasteiger partial charge on any atom is 0.268 e. The molecule has 1 fully saturated rings. The van der Waals surface area contributed by atoms with E-state index in [-0.39, 0.29) is 16.8 Å². The molecule has 1 heterocycles. The molecule has 1 aliphatic carbocycles. The van der Waals surface area contributed by atoms with E-state index >= 15 is 0 Å². The third kappa shape index (κ3) is 4.02. The first-order valence-corrected chi connectivity index (χ1v) is 12.1. The number of sulfonamides is 1. The molecule has 0 spiro atoms. The number of nitrogens with zero attached hydrogens (tertiary/aromatic N) is 1. The van der Waals surface area contributed by atoms with Crippen LogP contribution in [0.5, 0.6) is 0 Å². The molecule has 4 rings (SSSR count). The van der Waals surface area contributed by atoms with Gasteiger partial charge in [0.1, 0.15) is 5.70 Å². The first-order chi connectivity index (χ1) is 14.8. The lowest BCUT2D eigenvalue weighted by atomic mass is 9.90. The number of piperidine rings is 1. The van der Waals surface area contributed by atoms with Crippen LogP contribution in [0.15, 0.2) is 59.1 Å². The summed E-state index contributed by atoms with van der Waals surface area (Å²) in [7, 11) is -4.28. The van der Waals surface area contributed by atoms with Gasteiger partial charge in [0.25, 0.3) is 10.0 Å². The van der Waals surface area contributed by atoms with Gasteiger partial charge in [-0.15, -0.1) is 0 Å². The summed E-state index contributed by atoms with van der Waals surface area (Å²) in [4.78, 5) is 28.1. The summed E-state index contributed by atoms with van der Waals surface area (Å²) in [5, 5.41) is 0. The maximum absolute atomic E-state index is 13.4. The molecule has 6 nitrogen and oxygen atoms in total. The van der Waals surface area contributed by atoms with Crippen LogP contribution in [0.4, 0.5) is 5.69 Å². The third-order valence-corrected chi connectivity index (χ3v) is 7.46. The lowest BCUT2D eigenvalue weighted by Crippen LogP contribution is -2.41. The van der Waals surface area contributed by atoms with Crippen LogP contribution >= 0.6 is 0 Å². The summed E-state index contributed by atoms with van der Waals surface area (Å²) < 4.78 is 29.4. The summed E-state index contributed by atoms with van der Waals surface area (Å²) in [6.07, 6.45) is 2.51. The topological polar surface area (TPSA) is 83.6 Å². The van der Waals surface area contributed by atoms with Crippen molar-refractivity contribution in [3.63, 3.8) is 0 Å². The summed E-state index contributed by atoms with van der Waals surface area (Å²) in [6, 6.07) is 13.4. The van der Waals surface area contributed by atoms with Gasteiger partial charge in [-0.05, 0) is 42.9 Å². The van der Waals surface area contributed by atoms with Gasteiger partial charge >= 0.3 is 0 Å². The number of anilines is 1. The van der Waals surface area contributed by atoms with Crippen LogP contribution in [0, 0.1) is 5.92 Å². The van der Waals surface area contributed by atoms with Gasteiger partial charge in [-0.25, -0.2) is 8.42 Å². The molecule has 0 aromatic heterocycles. The van der Waals surface area contributed by atoms with E-state index < -0.39 is 26.5 Å². The fraction of sp³-hybridized carbons (Fsp3) is 0.333. The van der Waals surface area contributed by atoms with E-state index in [1.54, 1.807) is 35.2 Å². The Morgan fingerprint density at radius 2 is 1.52 bits per heavy atom. The molecule has 0 saturated carbocycles. The van der Waals surface area contributed by atoms with E-state index in [1.165, 1.54) is 6.07 Å². The first-order valence-electron chi connectivity index (χ1n) is 10.6. The van der Waals surface area contributed by atoms with Gasteiger partial charge in [0.05, 0.1) is 0 Å². The number of aryl methyl sites for hydroxylation is 1. The fourth-order valence-corrected chi connectivity index (χ4v) is 5.50. The van der Waals surface area contributed by atoms with Crippen molar-refractivity contribution in [3.05, 3.63) is 75.8 Å². The zero-order chi connectivity index (χ0) is 22.2. The van der Waals surface area contributed by atoms with Gasteiger partial charge in [0, 0.05) is 29.9 Å². The minimum Gasteiger partial charge on any atom is -0.367 e. The molecule has 0 unspecified atom stereocenters. The van der Waals surface area contributed by atoms with E-state index in [4.69, 9.17) is 0 Å². The molecular formula is C24H26N2O4S. The van der Waals surface area contributed by atoms with E-state index in [0.29, 0.717) is 24.7 Å². The molecule has 2 aromatic rings. The smallest absolute Gasteiger partial charge is 0.268 e. The van der Waals surface area contributed by atoms with Crippen molar-refractivity contribution in [2.75, 3.05) is 17.8 Å². The van der Waals surface area contributed by atoms with Crippen molar-refractivity contribution in [1.29, 1.82) is 0 Å². The molecule has 1 saturated heterocycles. The Morgan fingerprint density at radius 3 is 2.10 bits per heavy atom. The van der Waals surface area contributed by atoms with Crippen LogP contribution in [0.25, 0.3) is 0 Å². The summed E-state index contributed by atoms with van der Waals surface area (Å²) in [5.74, 6) is -0.554. The highest BCUT2D eigenvalue weighted by atomic mass is 32.2. The number of hydrogen-bond donors (Lipinski definition) is 1. The fourth-order valence-electron chi connectivity index (χ4n) is 4.12. The lowest BCUT2D eigenvalue weighted by Gasteiger charge is -2.35. The van der Waals surface area contributed by atoms with Crippen molar-refractivity contribution in [2.24, 2.45) is 5.92 Å². The van der Waals surface area contributed by atoms with Crippen LogP contribution < -0.4 is 4.72 Å². The zero-order valence-electron chi connectivity index (χ0n) is 17.7. The lowest BCUT2D eigenvalue weighted by molar-refractivity contribution is 0.0933. The number of fused-ring (bicyclic) bond motifs is 1. The van der Waals surface area contributed by atoms with Crippen molar-refractivity contribution in [2.45, 2.75) is 33.1 Å². The minimum absolute atomic E-state index is 0.00622. The van der Waals surface area contributed by atoms with Gasteiger partial charge < -0.3 is 4.90 Å². The van der Waals surface area contributed by atoms with Crippen LogP contribution in [-0.4, -0.2) is 38.0 Å². The van der Waals surface area contributed by atoms with E-state index in [9.17, 15) is 18.0 Å². The number of carbonyl (C=O) groups excluding carboxylic acids is 2. The number of carbonyl (C=O) groups is 2. The number of allylic oxidation sites excluding steroid dienone is 2. The number of likely N-dealkylation sites (tertiary alicyclic amines) is 1. The first kappa shape index (κ1) is 21.3. The highest BCUT2D eigenvalue weighted by Crippen LogP contribution is 2.34. The normalized spacial score (nSPS) is 17.7. The molecular weight excluding hydrogens is 412 g/mol. The second-order valence-electron chi connectivity index (χ2n) is 8.21. The van der Waals surface area contributed by atoms with Crippen molar-refractivity contribution in [1.82, 2.24) is 4.90 Å². The highest BCUT2D eigenvalue weighted by Gasteiger charge is 2.42. The van der Waals surface area contributed by atoms with Gasteiger partial charge in [-0.1, -0.05) is 50.2 Å². The zero-order valence-corrected chi connectivity index (χ0v) is 18.5. The summed E-state index contributed by atoms with van der Waals surface area (Å²) >= 11 is 0. The number of ketones is 2. The van der Waals surface area contributed by atoms with Crippen molar-refractivity contribution in [3.8, 4) is 0 Å². The predicted octanol–water partition coefficient (Wildman–Crippen LogP) is 4.01. The Kier molecular flexibility index (Phi) is 5.71. The molecule has 1 N–H and O–H groups in total. The van der Waals surface area contributed by atoms with Crippen LogP contribution in [0.2, 0.25) is 0 Å². The van der Waals surface area contributed by atoms with E-state index in [2.05, 4.69) is 11.6 Å². The van der Waals surface area contributed by atoms with E-state index in [0.717, 1.165) is 24.8 Å². The molecule has 0 amide bonds. The SMILES string of the molecule is CCc1ccc(NS(=O)(=O)C2=C(N3CCC(C)CC3)C(=O)c3ccccc3C2=O)cc1. The van der Waals surface area contributed by atoms with Gasteiger partial charge in [-0.2, -0.15) is 0 Å².